The zero-order valence-corrected chi connectivity index (χ0v) is 11.2. The van der Waals surface area contributed by atoms with Crippen LogP contribution in [-0.4, -0.2) is 10.7 Å². The lowest BCUT2D eigenvalue weighted by Gasteiger charge is -2.29. The molecule has 0 aromatic rings. The topological polar surface area (TPSA) is 20.2 Å². The maximum absolute atomic E-state index is 10.1. The van der Waals surface area contributed by atoms with E-state index in [4.69, 9.17) is 0 Å². The third-order valence-electron chi connectivity index (χ3n) is 3.67. The molecule has 1 N–H and O–H groups in total. The Morgan fingerprint density at radius 3 is 2.38 bits per heavy atom. The van der Waals surface area contributed by atoms with Gasteiger partial charge in [-0.3, -0.25) is 0 Å². The van der Waals surface area contributed by atoms with Crippen LogP contribution in [0, 0.1) is 5.92 Å². The number of hydrogen-bond donors (Lipinski definition) is 1. The van der Waals surface area contributed by atoms with Gasteiger partial charge in [0, 0.05) is 0 Å². The normalized spacial score (nSPS) is 31.2. The van der Waals surface area contributed by atoms with E-state index in [1.54, 1.807) is 0 Å². The molecule has 1 nitrogen and oxygen atoms in total. The summed E-state index contributed by atoms with van der Waals surface area (Å²) in [7, 11) is 0. The van der Waals surface area contributed by atoms with Crippen molar-refractivity contribution in [1.82, 2.24) is 0 Å². The second kappa shape index (κ2) is 5.67. The van der Waals surface area contributed by atoms with Crippen LogP contribution in [0.1, 0.15) is 59.8 Å². The maximum Gasteiger partial charge on any atom is 0.0622 e. The SMILES string of the molecule is C/C1=C/C[C@@H](C(C)(C)O)CC/C(C)=C/CC1. The van der Waals surface area contributed by atoms with E-state index in [1.165, 1.54) is 17.6 Å². The second-order valence-corrected chi connectivity index (χ2v) is 5.76. The largest absolute Gasteiger partial charge is 0.390 e. The van der Waals surface area contributed by atoms with Crippen molar-refractivity contribution in [3.63, 3.8) is 0 Å². The van der Waals surface area contributed by atoms with Crippen molar-refractivity contribution in [3.05, 3.63) is 23.3 Å². The number of allylic oxidation sites excluding steroid dienone is 4. The van der Waals surface area contributed by atoms with Gasteiger partial charge in [0.25, 0.3) is 0 Å². The van der Waals surface area contributed by atoms with Crippen molar-refractivity contribution in [1.29, 1.82) is 0 Å². The first-order valence-corrected chi connectivity index (χ1v) is 6.43. The van der Waals surface area contributed by atoms with Crippen LogP contribution in [0.3, 0.4) is 0 Å². The highest BCUT2D eigenvalue weighted by molar-refractivity contribution is 5.06. The molecule has 92 valence electrons. The quantitative estimate of drug-likeness (QED) is 0.658. The average Bonchev–Trinajstić information content (AvgIpc) is 2.15. The van der Waals surface area contributed by atoms with Gasteiger partial charge in [-0.1, -0.05) is 23.3 Å². The Hall–Kier alpha value is -0.560. The highest BCUT2D eigenvalue weighted by Crippen LogP contribution is 2.29. The molecule has 1 atom stereocenters. The molecule has 16 heavy (non-hydrogen) atoms. The Kier molecular flexibility index (Phi) is 4.79. The van der Waals surface area contributed by atoms with Gasteiger partial charge in [0.05, 0.1) is 5.60 Å². The summed E-state index contributed by atoms with van der Waals surface area (Å²) in [6.07, 6.45) is 10.2. The summed E-state index contributed by atoms with van der Waals surface area (Å²) >= 11 is 0. The van der Waals surface area contributed by atoms with Crippen LogP contribution in [-0.2, 0) is 0 Å². The van der Waals surface area contributed by atoms with Crippen molar-refractivity contribution in [2.75, 3.05) is 0 Å². The number of hydrogen-bond acceptors (Lipinski definition) is 1. The van der Waals surface area contributed by atoms with E-state index in [1.807, 2.05) is 13.8 Å². The molecule has 0 aliphatic heterocycles. The third kappa shape index (κ3) is 4.52. The zero-order valence-electron chi connectivity index (χ0n) is 11.2. The summed E-state index contributed by atoms with van der Waals surface area (Å²) in [5, 5.41) is 10.1. The first kappa shape index (κ1) is 13.5. The number of rotatable bonds is 1. The van der Waals surface area contributed by atoms with Crippen LogP contribution < -0.4 is 0 Å². The van der Waals surface area contributed by atoms with Gasteiger partial charge in [-0.05, 0) is 65.7 Å². The first-order chi connectivity index (χ1) is 7.39. The predicted molar refractivity (Wildman–Crippen MR) is 70.4 cm³/mol. The summed E-state index contributed by atoms with van der Waals surface area (Å²) < 4.78 is 0. The van der Waals surface area contributed by atoms with Crippen LogP contribution >= 0.6 is 0 Å². The standard InChI is InChI=1S/C15H26O/c1-12-6-5-7-13(2)9-11-14(10-8-12)15(3,4)16/h6,9,14,16H,5,7-8,10-11H2,1-4H3/b12-6+,13-9-/t14-/m0/s1. The van der Waals surface area contributed by atoms with E-state index >= 15 is 0 Å². The van der Waals surface area contributed by atoms with E-state index < -0.39 is 5.60 Å². The second-order valence-electron chi connectivity index (χ2n) is 5.76. The van der Waals surface area contributed by atoms with E-state index in [-0.39, 0.29) is 0 Å². The van der Waals surface area contributed by atoms with Crippen LogP contribution in [0.25, 0.3) is 0 Å². The van der Waals surface area contributed by atoms with Crippen molar-refractivity contribution in [3.8, 4) is 0 Å². The molecule has 0 radical (unpaired) electrons. The fraction of sp³-hybridized carbons (Fsp3) is 0.733. The summed E-state index contributed by atoms with van der Waals surface area (Å²) in [6, 6.07) is 0. The van der Waals surface area contributed by atoms with E-state index in [2.05, 4.69) is 26.0 Å². The minimum atomic E-state index is -0.559. The monoisotopic (exact) mass is 222 g/mol. The Bertz CT molecular complexity index is 278. The molecule has 1 aliphatic rings. The van der Waals surface area contributed by atoms with Crippen LogP contribution in [0.5, 0.6) is 0 Å². The molecule has 0 heterocycles. The fourth-order valence-corrected chi connectivity index (χ4v) is 2.26. The van der Waals surface area contributed by atoms with Crippen LogP contribution in [0.15, 0.2) is 23.3 Å². The molecule has 0 aromatic carbocycles. The molecule has 0 bridgehead atoms. The van der Waals surface area contributed by atoms with Gasteiger partial charge in [-0.2, -0.15) is 0 Å². The third-order valence-corrected chi connectivity index (χ3v) is 3.67. The lowest BCUT2D eigenvalue weighted by molar-refractivity contribution is 0.0145. The molecule has 0 fully saturated rings. The minimum Gasteiger partial charge on any atom is -0.390 e. The lowest BCUT2D eigenvalue weighted by atomic mass is 9.82. The molecule has 0 unspecified atom stereocenters. The van der Waals surface area contributed by atoms with Crippen molar-refractivity contribution < 1.29 is 5.11 Å². The van der Waals surface area contributed by atoms with Crippen molar-refractivity contribution >= 4 is 0 Å². The van der Waals surface area contributed by atoms with Gasteiger partial charge in [0.1, 0.15) is 0 Å². The predicted octanol–water partition coefficient (Wildman–Crippen LogP) is 4.23. The van der Waals surface area contributed by atoms with Crippen LogP contribution in [0.2, 0.25) is 0 Å². The van der Waals surface area contributed by atoms with E-state index in [0.717, 1.165) is 25.7 Å². The fourth-order valence-electron chi connectivity index (χ4n) is 2.26. The lowest BCUT2D eigenvalue weighted by Crippen LogP contribution is -2.30. The van der Waals surface area contributed by atoms with E-state index in [9.17, 15) is 5.11 Å². The Labute approximate surface area is 100 Å². The van der Waals surface area contributed by atoms with Gasteiger partial charge in [0.15, 0.2) is 0 Å². The van der Waals surface area contributed by atoms with Crippen molar-refractivity contribution in [2.24, 2.45) is 5.92 Å². The first-order valence-electron chi connectivity index (χ1n) is 6.43. The van der Waals surface area contributed by atoms with E-state index in [0.29, 0.717) is 5.92 Å². The molecule has 0 amide bonds. The molecular weight excluding hydrogens is 196 g/mol. The summed E-state index contributed by atoms with van der Waals surface area (Å²) in [5.74, 6) is 0.379. The van der Waals surface area contributed by atoms with Gasteiger partial charge in [-0.15, -0.1) is 0 Å². The molecular formula is C15H26O. The average molecular weight is 222 g/mol. The number of aliphatic hydroxyl groups is 1. The Morgan fingerprint density at radius 1 is 1.12 bits per heavy atom. The zero-order chi connectivity index (χ0) is 12.2. The highest BCUT2D eigenvalue weighted by atomic mass is 16.3. The molecule has 1 aliphatic carbocycles. The Balaban J connectivity index is 2.75. The van der Waals surface area contributed by atoms with Crippen LogP contribution in [0.4, 0.5) is 0 Å². The van der Waals surface area contributed by atoms with Crippen molar-refractivity contribution in [2.45, 2.75) is 65.4 Å². The van der Waals surface area contributed by atoms with Gasteiger partial charge < -0.3 is 5.11 Å². The Morgan fingerprint density at radius 2 is 1.75 bits per heavy atom. The molecule has 0 saturated carbocycles. The summed E-state index contributed by atoms with van der Waals surface area (Å²) in [6.45, 7) is 8.28. The van der Waals surface area contributed by atoms with Gasteiger partial charge >= 0.3 is 0 Å². The molecule has 0 saturated heterocycles. The smallest absolute Gasteiger partial charge is 0.0622 e. The molecule has 0 spiro atoms. The summed E-state index contributed by atoms with van der Waals surface area (Å²) in [5.41, 5.74) is 2.38. The highest BCUT2D eigenvalue weighted by Gasteiger charge is 2.25. The van der Waals surface area contributed by atoms with Gasteiger partial charge in [0.2, 0.25) is 0 Å². The molecule has 0 aromatic heterocycles. The minimum absolute atomic E-state index is 0.379. The summed E-state index contributed by atoms with van der Waals surface area (Å²) in [4.78, 5) is 0. The molecule has 1 rings (SSSR count). The van der Waals surface area contributed by atoms with Gasteiger partial charge in [-0.25, -0.2) is 0 Å². The maximum atomic E-state index is 10.1. The molecule has 1 heteroatoms.